The number of aryl methyl sites for hydroxylation is 1. The number of rotatable bonds is 5. The third-order valence-electron chi connectivity index (χ3n) is 3.44. The summed E-state index contributed by atoms with van der Waals surface area (Å²) in [5.74, 6) is 0.454. The first-order valence-corrected chi connectivity index (χ1v) is 5.93. The minimum Gasteiger partial charge on any atom is -0.395 e. The molecule has 1 aromatic rings. The summed E-state index contributed by atoms with van der Waals surface area (Å²) in [5.41, 5.74) is 3.89. The van der Waals surface area contributed by atoms with Crippen molar-refractivity contribution in [3.8, 4) is 0 Å². The number of hydrogen-bond donors (Lipinski definition) is 2. The van der Waals surface area contributed by atoms with E-state index in [9.17, 15) is 5.11 Å². The van der Waals surface area contributed by atoms with Crippen molar-refractivity contribution in [3.05, 3.63) is 23.0 Å². The monoisotopic (exact) mass is 224 g/mol. The molecule has 0 bridgehead atoms. The standard InChI is InChI=1S/C13H24N2O/c1-9(2)13(8-16)14-7-12-6-10(3)15(5)11(12)4/h6,9,13-14,16H,7-8H2,1-5H3. The molecule has 3 heteroatoms. The van der Waals surface area contributed by atoms with Gasteiger partial charge in [-0.3, -0.25) is 0 Å². The van der Waals surface area contributed by atoms with E-state index in [4.69, 9.17) is 0 Å². The first kappa shape index (κ1) is 13.3. The van der Waals surface area contributed by atoms with Crippen molar-refractivity contribution in [1.82, 2.24) is 9.88 Å². The summed E-state index contributed by atoms with van der Waals surface area (Å²) < 4.78 is 2.19. The Labute approximate surface area is 98.5 Å². The zero-order chi connectivity index (χ0) is 12.3. The van der Waals surface area contributed by atoms with Crippen LogP contribution in [0.15, 0.2) is 6.07 Å². The molecule has 1 aromatic heterocycles. The maximum atomic E-state index is 9.24. The zero-order valence-electron chi connectivity index (χ0n) is 11.0. The predicted molar refractivity (Wildman–Crippen MR) is 67.4 cm³/mol. The van der Waals surface area contributed by atoms with Crippen molar-refractivity contribution in [3.63, 3.8) is 0 Å². The second-order valence-corrected chi connectivity index (χ2v) is 4.87. The van der Waals surface area contributed by atoms with Gasteiger partial charge < -0.3 is 15.0 Å². The number of nitrogens with zero attached hydrogens (tertiary/aromatic N) is 1. The summed E-state index contributed by atoms with van der Waals surface area (Å²) >= 11 is 0. The molecule has 1 heterocycles. The molecule has 92 valence electrons. The minimum atomic E-state index is 0.180. The van der Waals surface area contributed by atoms with Crippen molar-refractivity contribution in [2.75, 3.05) is 6.61 Å². The maximum Gasteiger partial charge on any atom is 0.0587 e. The van der Waals surface area contributed by atoms with E-state index in [0.717, 1.165) is 6.54 Å². The molecule has 1 rings (SSSR count). The Hall–Kier alpha value is -0.800. The molecular weight excluding hydrogens is 200 g/mol. The van der Waals surface area contributed by atoms with Gasteiger partial charge in [-0.15, -0.1) is 0 Å². The Morgan fingerprint density at radius 1 is 1.38 bits per heavy atom. The first-order chi connectivity index (χ1) is 7.47. The molecule has 3 nitrogen and oxygen atoms in total. The first-order valence-electron chi connectivity index (χ1n) is 5.93. The van der Waals surface area contributed by atoms with Crippen molar-refractivity contribution in [1.29, 1.82) is 0 Å². The molecule has 0 aliphatic heterocycles. The van der Waals surface area contributed by atoms with E-state index in [1.54, 1.807) is 0 Å². The fourth-order valence-electron chi connectivity index (χ4n) is 1.86. The largest absolute Gasteiger partial charge is 0.395 e. The van der Waals surface area contributed by atoms with Gasteiger partial charge in [0.25, 0.3) is 0 Å². The summed E-state index contributed by atoms with van der Waals surface area (Å²) in [6.07, 6.45) is 0. The molecule has 0 fully saturated rings. The van der Waals surface area contributed by atoms with Crippen LogP contribution in [0.4, 0.5) is 0 Å². The van der Waals surface area contributed by atoms with Gasteiger partial charge in [-0.1, -0.05) is 13.8 Å². The highest BCUT2D eigenvalue weighted by Gasteiger charge is 2.12. The van der Waals surface area contributed by atoms with Gasteiger partial charge in [0.2, 0.25) is 0 Å². The van der Waals surface area contributed by atoms with Crippen LogP contribution >= 0.6 is 0 Å². The van der Waals surface area contributed by atoms with Gasteiger partial charge in [0.05, 0.1) is 6.61 Å². The van der Waals surface area contributed by atoms with E-state index < -0.39 is 0 Å². The van der Waals surface area contributed by atoms with E-state index in [-0.39, 0.29) is 12.6 Å². The Morgan fingerprint density at radius 3 is 2.38 bits per heavy atom. The molecule has 0 radical (unpaired) electrons. The summed E-state index contributed by atoms with van der Waals surface area (Å²) in [5, 5.41) is 12.6. The van der Waals surface area contributed by atoms with Gasteiger partial charge in [-0.25, -0.2) is 0 Å². The molecule has 0 spiro atoms. The van der Waals surface area contributed by atoms with Gasteiger partial charge in [-0.2, -0.15) is 0 Å². The average Bonchev–Trinajstić information content (AvgIpc) is 2.47. The molecule has 0 saturated carbocycles. The van der Waals surface area contributed by atoms with Crippen molar-refractivity contribution < 1.29 is 5.11 Å². The summed E-state index contributed by atoms with van der Waals surface area (Å²) in [4.78, 5) is 0. The van der Waals surface area contributed by atoms with Crippen LogP contribution in [0.25, 0.3) is 0 Å². The molecule has 16 heavy (non-hydrogen) atoms. The van der Waals surface area contributed by atoms with Gasteiger partial charge >= 0.3 is 0 Å². The van der Waals surface area contributed by atoms with E-state index in [1.807, 2.05) is 0 Å². The average molecular weight is 224 g/mol. The summed E-state index contributed by atoms with van der Waals surface area (Å²) in [6, 6.07) is 2.39. The van der Waals surface area contributed by atoms with Crippen molar-refractivity contribution >= 4 is 0 Å². The lowest BCUT2D eigenvalue weighted by molar-refractivity contribution is 0.210. The lowest BCUT2D eigenvalue weighted by atomic mass is 10.1. The van der Waals surface area contributed by atoms with Gasteiger partial charge in [0.1, 0.15) is 0 Å². The maximum absolute atomic E-state index is 9.24. The normalized spacial score (nSPS) is 13.4. The second kappa shape index (κ2) is 5.51. The van der Waals surface area contributed by atoms with Crippen LogP contribution < -0.4 is 5.32 Å². The predicted octanol–water partition coefficient (Wildman–Crippen LogP) is 1.75. The topological polar surface area (TPSA) is 37.2 Å². The number of hydrogen-bond acceptors (Lipinski definition) is 2. The highest BCUT2D eigenvalue weighted by atomic mass is 16.3. The van der Waals surface area contributed by atoms with Gasteiger partial charge in [-0.05, 0) is 31.4 Å². The second-order valence-electron chi connectivity index (χ2n) is 4.87. The fourth-order valence-corrected chi connectivity index (χ4v) is 1.86. The molecule has 2 N–H and O–H groups in total. The van der Waals surface area contributed by atoms with Crippen LogP contribution in [-0.4, -0.2) is 22.3 Å². The quantitative estimate of drug-likeness (QED) is 0.799. The van der Waals surface area contributed by atoms with Crippen molar-refractivity contribution in [2.24, 2.45) is 13.0 Å². The van der Waals surface area contributed by atoms with Gasteiger partial charge in [0.15, 0.2) is 0 Å². The molecule has 1 unspecified atom stereocenters. The Bertz CT molecular complexity index is 342. The zero-order valence-corrected chi connectivity index (χ0v) is 11.0. The lowest BCUT2D eigenvalue weighted by Crippen LogP contribution is -2.36. The van der Waals surface area contributed by atoms with Crippen LogP contribution in [0.5, 0.6) is 0 Å². The molecule has 0 saturated heterocycles. The number of aliphatic hydroxyl groups is 1. The van der Waals surface area contributed by atoms with Crippen molar-refractivity contribution in [2.45, 2.75) is 40.3 Å². The summed E-state index contributed by atoms with van der Waals surface area (Å²) in [7, 11) is 2.08. The molecule has 0 aliphatic carbocycles. The molecule has 0 amide bonds. The number of aromatic nitrogens is 1. The molecule has 1 atom stereocenters. The van der Waals surface area contributed by atoms with Crippen LogP contribution in [0.3, 0.4) is 0 Å². The lowest BCUT2D eigenvalue weighted by Gasteiger charge is -2.19. The Balaban J connectivity index is 2.64. The highest BCUT2D eigenvalue weighted by molar-refractivity contribution is 5.26. The van der Waals surface area contributed by atoms with E-state index in [2.05, 4.69) is 50.7 Å². The third-order valence-corrected chi connectivity index (χ3v) is 3.44. The van der Waals surface area contributed by atoms with Crippen LogP contribution in [-0.2, 0) is 13.6 Å². The Kier molecular flexibility index (Phi) is 4.56. The molecule has 0 aliphatic rings. The molecule has 0 aromatic carbocycles. The van der Waals surface area contributed by atoms with E-state index in [1.165, 1.54) is 17.0 Å². The fraction of sp³-hybridized carbons (Fsp3) is 0.692. The highest BCUT2D eigenvalue weighted by Crippen LogP contribution is 2.13. The Morgan fingerprint density at radius 2 is 2.00 bits per heavy atom. The molecular formula is C13H24N2O. The number of aliphatic hydroxyl groups excluding tert-OH is 1. The van der Waals surface area contributed by atoms with Crippen LogP contribution in [0.1, 0.15) is 30.8 Å². The van der Waals surface area contributed by atoms with Crippen LogP contribution in [0, 0.1) is 19.8 Å². The number of nitrogens with one attached hydrogen (secondary N) is 1. The smallest absolute Gasteiger partial charge is 0.0587 e. The third kappa shape index (κ3) is 2.86. The van der Waals surface area contributed by atoms with E-state index in [0.29, 0.717) is 5.92 Å². The van der Waals surface area contributed by atoms with E-state index >= 15 is 0 Å². The summed E-state index contributed by atoms with van der Waals surface area (Å²) in [6.45, 7) is 9.52. The SMILES string of the molecule is Cc1cc(CNC(CO)C(C)C)c(C)n1C. The van der Waals surface area contributed by atoms with Gasteiger partial charge in [0, 0.05) is 31.0 Å². The minimum absolute atomic E-state index is 0.180. The van der Waals surface area contributed by atoms with Crippen LogP contribution in [0.2, 0.25) is 0 Å².